The number of nitrogens with one attached hydrogen (secondary N) is 1. The Kier molecular flexibility index (Phi) is 6.82. The van der Waals surface area contributed by atoms with E-state index in [0.717, 1.165) is 0 Å². The van der Waals surface area contributed by atoms with Crippen LogP contribution in [-0.2, 0) is 14.3 Å². The van der Waals surface area contributed by atoms with Gasteiger partial charge in [-0.25, -0.2) is 4.79 Å². The minimum Gasteiger partial charge on any atom is -0.497 e. The number of nitro benzene ring substituents is 1. The van der Waals surface area contributed by atoms with Gasteiger partial charge in [0, 0.05) is 6.07 Å². The van der Waals surface area contributed by atoms with Crippen molar-refractivity contribution in [1.29, 1.82) is 5.26 Å². The van der Waals surface area contributed by atoms with Crippen molar-refractivity contribution in [3.05, 3.63) is 69.8 Å². The average molecular weight is 381 g/mol. The summed E-state index contributed by atoms with van der Waals surface area (Å²) in [4.78, 5) is 34.2. The normalized spacial score (nSPS) is 10.5. The number of methoxy groups -OCH3 is 1. The number of hydrogen-bond acceptors (Lipinski definition) is 7. The Labute approximate surface area is 159 Å². The van der Waals surface area contributed by atoms with E-state index in [9.17, 15) is 19.7 Å². The summed E-state index contributed by atoms with van der Waals surface area (Å²) in [6, 6.07) is 13.9. The molecule has 0 heterocycles. The van der Waals surface area contributed by atoms with Gasteiger partial charge in [-0.05, 0) is 29.8 Å². The Hall–Kier alpha value is -4.19. The number of nitrogens with zero attached hydrogens (tertiary/aromatic N) is 2. The van der Waals surface area contributed by atoms with E-state index in [1.54, 1.807) is 30.3 Å². The van der Waals surface area contributed by atoms with Gasteiger partial charge in [0.25, 0.3) is 11.6 Å². The lowest BCUT2D eigenvalue weighted by atomic mass is 10.1. The standard InChI is InChI=1S/C19H15N3O6/c1-27-15-8-6-13(7-9-15)10-14(11-20)19(24)28-12-18(23)21-16-4-2-3-5-17(16)22(25)26/h2-10H,12H2,1H3,(H,21,23)/b14-10+. The number of esters is 1. The van der Waals surface area contributed by atoms with E-state index in [1.807, 2.05) is 0 Å². The average Bonchev–Trinajstić information content (AvgIpc) is 2.71. The van der Waals surface area contributed by atoms with Gasteiger partial charge in [-0.3, -0.25) is 14.9 Å². The van der Waals surface area contributed by atoms with Gasteiger partial charge in [0.1, 0.15) is 23.1 Å². The van der Waals surface area contributed by atoms with Crippen LogP contribution < -0.4 is 10.1 Å². The van der Waals surface area contributed by atoms with Crippen LogP contribution in [0.4, 0.5) is 11.4 Å². The highest BCUT2D eigenvalue weighted by Crippen LogP contribution is 2.23. The van der Waals surface area contributed by atoms with E-state index in [2.05, 4.69) is 5.32 Å². The molecule has 1 N–H and O–H groups in total. The second kappa shape index (κ2) is 9.49. The third-order valence-electron chi connectivity index (χ3n) is 3.48. The van der Waals surface area contributed by atoms with Crippen molar-refractivity contribution in [2.45, 2.75) is 0 Å². The van der Waals surface area contributed by atoms with Gasteiger partial charge < -0.3 is 14.8 Å². The second-order valence-electron chi connectivity index (χ2n) is 5.34. The fourth-order valence-electron chi connectivity index (χ4n) is 2.14. The third kappa shape index (κ3) is 5.40. The summed E-state index contributed by atoms with van der Waals surface area (Å²) in [5.74, 6) is -1.15. The molecule has 0 aliphatic rings. The highest BCUT2D eigenvalue weighted by Gasteiger charge is 2.17. The number of nitriles is 1. The first-order valence-corrected chi connectivity index (χ1v) is 7.91. The molecule has 28 heavy (non-hydrogen) atoms. The van der Waals surface area contributed by atoms with Crippen molar-refractivity contribution in [2.24, 2.45) is 0 Å². The Morgan fingerprint density at radius 1 is 1.21 bits per heavy atom. The van der Waals surface area contributed by atoms with Crippen LogP contribution in [0.1, 0.15) is 5.56 Å². The lowest BCUT2D eigenvalue weighted by Crippen LogP contribution is -2.21. The Morgan fingerprint density at radius 2 is 1.89 bits per heavy atom. The van der Waals surface area contributed by atoms with Crippen LogP contribution in [0.3, 0.4) is 0 Å². The number of benzene rings is 2. The molecule has 0 saturated heterocycles. The Morgan fingerprint density at radius 3 is 2.50 bits per heavy atom. The van der Waals surface area contributed by atoms with Gasteiger partial charge in [0.2, 0.25) is 0 Å². The van der Waals surface area contributed by atoms with E-state index < -0.39 is 23.4 Å². The summed E-state index contributed by atoms with van der Waals surface area (Å²) >= 11 is 0. The summed E-state index contributed by atoms with van der Waals surface area (Å²) in [6.45, 7) is -0.702. The zero-order chi connectivity index (χ0) is 20.5. The van der Waals surface area contributed by atoms with Crippen molar-refractivity contribution in [3.63, 3.8) is 0 Å². The monoisotopic (exact) mass is 381 g/mol. The van der Waals surface area contributed by atoms with Crippen LogP contribution in [-0.4, -0.2) is 30.5 Å². The zero-order valence-corrected chi connectivity index (χ0v) is 14.7. The number of nitro groups is 1. The summed E-state index contributed by atoms with van der Waals surface area (Å²) in [6.07, 6.45) is 1.31. The molecule has 2 rings (SSSR count). The van der Waals surface area contributed by atoms with Crippen LogP contribution in [0.5, 0.6) is 5.75 Å². The van der Waals surface area contributed by atoms with E-state index in [1.165, 1.54) is 37.5 Å². The van der Waals surface area contributed by atoms with Gasteiger partial charge in [-0.15, -0.1) is 0 Å². The molecule has 0 bridgehead atoms. The second-order valence-corrected chi connectivity index (χ2v) is 5.34. The lowest BCUT2D eigenvalue weighted by Gasteiger charge is -2.07. The molecular formula is C19H15N3O6. The number of carbonyl (C=O) groups excluding carboxylic acids is 2. The quantitative estimate of drug-likeness (QED) is 0.256. The van der Waals surface area contributed by atoms with Crippen molar-refractivity contribution >= 4 is 29.3 Å². The molecule has 0 aromatic heterocycles. The molecule has 0 atom stereocenters. The van der Waals surface area contributed by atoms with Crippen molar-refractivity contribution in [1.82, 2.24) is 0 Å². The highest BCUT2D eigenvalue weighted by molar-refractivity contribution is 6.00. The smallest absolute Gasteiger partial charge is 0.349 e. The minimum atomic E-state index is -0.990. The lowest BCUT2D eigenvalue weighted by molar-refractivity contribution is -0.383. The van der Waals surface area contributed by atoms with Crippen LogP contribution in [0.15, 0.2) is 54.1 Å². The molecule has 9 heteroatoms. The molecule has 0 fully saturated rings. The molecule has 2 aromatic rings. The third-order valence-corrected chi connectivity index (χ3v) is 3.48. The molecule has 142 valence electrons. The van der Waals surface area contributed by atoms with Crippen molar-refractivity contribution in [2.75, 3.05) is 19.0 Å². The number of carbonyl (C=O) groups is 2. The number of ether oxygens (including phenoxy) is 2. The maximum atomic E-state index is 12.0. The fraction of sp³-hybridized carbons (Fsp3) is 0.105. The largest absolute Gasteiger partial charge is 0.497 e. The van der Waals surface area contributed by atoms with Gasteiger partial charge >= 0.3 is 5.97 Å². The first-order valence-electron chi connectivity index (χ1n) is 7.91. The molecular weight excluding hydrogens is 366 g/mol. The fourth-order valence-corrected chi connectivity index (χ4v) is 2.14. The predicted molar refractivity (Wildman–Crippen MR) is 99.3 cm³/mol. The Bertz CT molecular complexity index is 960. The minimum absolute atomic E-state index is 0.0252. The molecule has 0 spiro atoms. The molecule has 0 aliphatic carbocycles. The van der Waals surface area contributed by atoms with Crippen LogP contribution in [0, 0.1) is 21.4 Å². The maximum Gasteiger partial charge on any atom is 0.349 e. The maximum absolute atomic E-state index is 12.0. The van der Waals surface area contributed by atoms with E-state index in [-0.39, 0.29) is 16.9 Å². The molecule has 0 radical (unpaired) electrons. The zero-order valence-electron chi connectivity index (χ0n) is 14.7. The number of anilines is 1. The van der Waals surface area contributed by atoms with Crippen molar-refractivity contribution in [3.8, 4) is 11.8 Å². The van der Waals surface area contributed by atoms with Crippen LogP contribution in [0.25, 0.3) is 6.08 Å². The number of para-hydroxylation sites is 2. The Balaban J connectivity index is 1.99. The number of amides is 1. The van der Waals surface area contributed by atoms with Crippen LogP contribution in [0.2, 0.25) is 0 Å². The number of hydrogen-bond donors (Lipinski definition) is 1. The topological polar surface area (TPSA) is 132 Å². The molecule has 2 aromatic carbocycles. The molecule has 1 amide bonds. The first-order chi connectivity index (χ1) is 13.4. The van der Waals surface area contributed by atoms with Gasteiger partial charge in [0.05, 0.1) is 12.0 Å². The van der Waals surface area contributed by atoms with Crippen molar-refractivity contribution < 1.29 is 24.0 Å². The first kappa shape index (κ1) is 20.1. The summed E-state index contributed by atoms with van der Waals surface area (Å²) in [7, 11) is 1.51. The van der Waals surface area contributed by atoms with E-state index >= 15 is 0 Å². The molecule has 0 unspecified atom stereocenters. The molecule has 0 saturated carbocycles. The SMILES string of the molecule is COc1ccc(/C=C(\C#N)C(=O)OCC(=O)Nc2ccccc2[N+](=O)[O-])cc1. The van der Waals surface area contributed by atoms with E-state index in [4.69, 9.17) is 14.7 Å². The summed E-state index contributed by atoms with van der Waals surface area (Å²) in [5.41, 5.74) is -0.0514. The van der Waals surface area contributed by atoms with Gasteiger partial charge in [-0.2, -0.15) is 5.26 Å². The van der Waals surface area contributed by atoms with Crippen LogP contribution >= 0.6 is 0 Å². The highest BCUT2D eigenvalue weighted by atomic mass is 16.6. The van der Waals surface area contributed by atoms with Gasteiger partial charge in [0.15, 0.2) is 6.61 Å². The summed E-state index contributed by atoms with van der Waals surface area (Å²) < 4.78 is 9.83. The molecule has 9 nitrogen and oxygen atoms in total. The summed E-state index contributed by atoms with van der Waals surface area (Å²) in [5, 5.41) is 22.4. The predicted octanol–water partition coefficient (Wildman–Crippen LogP) is 2.69. The number of rotatable bonds is 7. The van der Waals surface area contributed by atoms with Gasteiger partial charge in [-0.1, -0.05) is 24.3 Å². The molecule has 0 aliphatic heterocycles. The van der Waals surface area contributed by atoms with E-state index in [0.29, 0.717) is 11.3 Å².